The molecule has 0 saturated heterocycles. The van der Waals surface area contributed by atoms with Gasteiger partial charge in [0.05, 0.1) is 0 Å². The maximum atomic E-state index is 11.2. The van der Waals surface area contributed by atoms with Crippen LogP contribution in [-0.2, 0) is 4.79 Å². The highest BCUT2D eigenvalue weighted by atomic mass is 35.5. The largest absolute Gasteiger partial charge is 0.296 e. The molecule has 0 aromatic carbocycles. The minimum absolute atomic E-state index is 0.0508. The first kappa shape index (κ1) is 11.2. The van der Waals surface area contributed by atoms with E-state index in [1.165, 1.54) is 0 Å². The van der Waals surface area contributed by atoms with Crippen LogP contribution in [0.25, 0.3) is 0 Å². The fourth-order valence-corrected chi connectivity index (χ4v) is 1.43. The van der Waals surface area contributed by atoms with Gasteiger partial charge in [-0.2, -0.15) is 0 Å². The van der Waals surface area contributed by atoms with Crippen molar-refractivity contribution in [3.8, 4) is 0 Å². The molecular formula is C8H14Cl2O. The minimum Gasteiger partial charge on any atom is -0.296 e. The molecule has 0 heterocycles. The third kappa shape index (κ3) is 3.97. The summed E-state index contributed by atoms with van der Waals surface area (Å²) in [5, 5.41) is 0. The molecule has 0 aliphatic carbocycles. The van der Waals surface area contributed by atoms with Crippen molar-refractivity contribution < 1.29 is 4.79 Å². The van der Waals surface area contributed by atoms with Crippen LogP contribution < -0.4 is 0 Å². The highest BCUT2D eigenvalue weighted by Gasteiger charge is 2.30. The maximum Gasteiger partial charge on any atom is 0.175 e. The van der Waals surface area contributed by atoms with Crippen molar-refractivity contribution in [1.29, 1.82) is 0 Å². The quantitative estimate of drug-likeness (QED) is 0.617. The van der Waals surface area contributed by atoms with Crippen LogP contribution in [0.4, 0.5) is 0 Å². The van der Waals surface area contributed by atoms with Crippen LogP contribution >= 0.6 is 23.2 Å². The molecule has 0 amide bonds. The van der Waals surface area contributed by atoms with Gasteiger partial charge in [0, 0.05) is 6.42 Å². The summed E-state index contributed by atoms with van der Waals surface area (Å²) in [4.78, 5) is 11.2. The molecule has 0 aromatic rings. The fourth-order valence-electron chi connectivity index (χ4n) is 0.863. The van der Waals surface area contributed by atoms with E-state index in [0.717, 1.165) is 12.8 Å². The van der Waals surface area contributed by atoms with Crippen molar-refractivity contribution in [3.63, 3.8) is 0 Å². The molecule has 0 atom stereocenters. The number of hydrogen-bond acceptors (Lipinski definition) is 1. The maximum absolute atomic E-state index is 11.2. The summed E-state index contributed by atoms with van der Waals surface area (Å²) < 4.78 is -1.13. The first-order chi connectivity index (χ1) is 5.04. The van der Waals surface area contributed by atoms with Gasteiger partial charge in [-0.15, -0.1) is 0 Å². The van der Waals surface area contributed by atoms with Crippen molar-refractivity contribution in [2.24, 2.45) is 0 Å². The highest BCUT2D eigenvalue weighted by Crippen LogP contribution is 2.29. The Morgan fingerprint density at radius 2 is 1.82 bits per heavy atom. The number of ketones is 1. The molecule has 1 nitrogen and oxygen atoms in total. The molecule has 0 fully saturated rings. The van der Waals surface area contributed by atoms with E-state index in [4.69, 9.17) is 23.2 Å². The van der Waals surface area contributed by atoms with E-state index in [1.807, 2.05) is 13.8 Å². The molecule has 11 heavy (non-hydrogen) atoms. The molecule has 0 aromatic heterocycles. The summed E-state index contributed by atoms with van der Waals surface area (Å²) in [6, 6.07) is 0. The van der Waals surface area contributed by atoms with E-state index in [9.17, 15) is 4.79 Å². The van der Waals surface area contributed by atoms with Crippen LogP contribution in [0.15, 0.2) is 0 Å². The number of halogens is 2. The molecule has 0 unspecified atom stereocenters. The Hall–Kier alpha value is 0.250. The molecule has 0 radical (unpaired) electrons. The van der Waals surface area contributed by atoms with E-state index in [-0.39, 0.29) is 5.78 Å². The lowest BCUT2D eigenvalue weighted by atomic mass is 10.1. The summed E-state index contributed by atoms with van der Waals surface area (Å²) in [6.07, 6.45) is 2.67. The first-order valence-electron chi connectivity index (χ1n) is 3.95. The fraction of sp³-hybridized carbons (Fsp3) is 0.875. The Morgan fingerprint density at radius 3 is 2.18 bits per heavy atom. The molecule has 0 rings (SSSR count). The van der Waals surface area contributed by atoms with E-state index in [1.54, 1.807) is 0 Å². The van der Waals surface area contributed by atoms with Crippen LogP contribution in [0.1, 0.15) is 39.5 Å². The number of Topliss-reactive ketones (excluding diaryl/α,β-unsaturated/α-hetero) is 1. The zero-order valence-corrected chi connectivity index (χ0v) is 8.50. The van der Waals surface area contributed by atoms with Crippen molar-refractivity contribution in [2.45, 2.75) is 43.9 Å². The van der Waals surface area contributed by atoms with Crippen LogP contribution in [0, 0.1) is 0 Å². The Morgan fingerprint density at radius 1 is 1.27 bits per heavy atom. The predicted molar refractivity (Wildman–Crippen MR) is 49.3 cm³/mol. The third-order valence-electron chi connectivity index (χ3n) is 1.45. The number of rotatable bonds is 5. The van der Waals surface area contributed by atoms with Crippen LogP contribution in [0.5, 0.6) is 0 Å². The standard InChI is InChI=1S/C8H14Cl2O/c1-3-5-7(11)8(9,10)6-4-2/h3-6H2,1-2H3. The second kappa shape index (κ2) is 5.00. The Balaban J connectivity index is 3.94. The molecule has 0 N–H and O–H groups in total. The van der Waals surface area contributed by atoms with E-state index >= 15 is 0 Å². The van der Waals surface area contributed by atoms with Crippen LogP contribution in [0.3, 0.4) is 0 Å². The Bertz CT molecular complexity index is 132. The molecule has 3 heteroatoms. The monoisotopic (exact) mass is 196 g/mol. The van der Waals surface area contributed by atoms with Gasteiger partial charge in [-0.05, 0) is 12.8 Å². The van der Waals surface area contributed by atoms with Crippen molar-refractivity contribution in [2.75, 3.05) is 0 Å². The lowest BCUT2D eigenvalue weighted by Crippen LogP contribution is -2.25. The van der Waals surface area contributed by atoms with E-state index in [0.29, 0.717) is 12.8 Å². The van der Waals surface area contributed by atoms with Gasteiger partial charge in [-0.25, -0.2) is 0 Å². The number of carbonyl (C=O) groups is 1. The van der Waals surface area contributed by atoms with Crippen molar-refractivity contribution in [3.05, 3.63) is 0 Å². The first-order valence-corrected chi connectivity index (χ1v) is 4.71. The summed E-state index contributed by atoms with van der Waals surface area (Å²) >= 11 is 11.6. The van der Waals surface area contributed by atoms with Crippen LogP contribution in [-0.4, -0.2) is 10.1 Å². The second-order valence-corrected chi connectivity index (χ2v) is 4.11. The number of hydrogen-bond donors (Lipinski definition) is 0. The zero-order valence-electron chi connectivity index (χ0n) is 6.99. The lowest BCUT2D eigenvalue weighted by Gasteiger charge is -2.16. The molecule has 0 aliphatic rings. The molecule has 66 valence electrons. The van der Waals surface area contributed by atoms with Crippen LogP contribution in [0.2, 0.25) is 0 Å². The van der Waals surface area contributed by atoms with Crippen molar-refractivity contribution in [1.82, 2.24) is 0 Å². The Kier molecular flexibility index (Phi) is 5.11. The van der Waals surface area contributed by atoms with E-state index in [2.05, 4.69) is 0 Å². The molecular weight excluding hydrogens is 183 g/mol. The van der Waals surface area contributed by atoms with Gasteiger partial charge in [-0.1, -0.05) is 43.5 Å². The average Bonchev–Trinajstić information content (AvgIpc) is 1.88. The van der Waals surface area contributed by atoms with Gasteiger partial charge >= 0.3 is 0 Å². The summed E-state index contributed by atoms with van der Waals surface area (Å²) in [5.41, 5.74) is 0. The van der Waals surface area contributed by atoms with Gasteiger partial charge in [0.15, 0.2) is 10.1 Å². The predicted octanol–water partition coefficient (Wildman–Crippen LogP) is 3.33. The summed E-state index contributed by atoms with van der Waals surface area (Å²) in [5.74, 6) is -0.0508. The molecule has 0 bridgehead atoms. The number of alkyl halides is 2. The molecule has 0 saturated carbocycles. The SMILES string of the molecule is CCCC(=O)C(Cl)(Cl)CCC. The Labute approximate surface area is 78.1 Å². The summed E-state index contributed by atoms with van der Waals surface area (Å²) in [7, 11) is 0. The van der Waals surface area contributed by atoms with Gasteiger partial charge in [0.25, 0.3) is 0 Å². The minimum atomic E-state index is -1.13. The molecule has 0 spiro atoms. The average molecular weight is 197 g/mol. The van der Waals surface area contributed by atoms with Gasteiger partial charge in [-0.3, -0.25) is 4.79 Å². The molecule has 0 aliphatic heterocycles. The van der Waals surface area contributed by atoms with Gasteiger partial charge in [0.2, 0.25) is 0 Å². The van der Waals surface area contributed by atoms with Gasteiger partial charge < -0.3 is 0 Å². The zero-order chi connectivity index (χ0) is 8.91. The van der Waals surface area contributed by atoms with E-state index < -0.39 is 4.33 Å². The summed E-state index contributed by atoms with van der Waals surface area (Å²) in [6.45, 7) is 3.90. The smallest absolute Gasteiger partial charge is 0.175 e. The highest BCUT2D eigenvalue weighted by molar-refractivity contribution is 6.58. The van der Waals surface area contributed by atoms with Crippen molar-refractivity contribution >= 4 is 29.0 Å². The lowest BCUT2D eigenvalue weighted by molar-refractivity contribution is -0.119. The second-order valence-electron chi connectivity index (χ2n) is 2.63. The van der Waals surface area contributed by atoms with Gasteiger partial charge in [0.1, 0.15) is 0 Å². The topological polar surface area (TPSA) is 17.1 Å². The number of carbonyl (C=O) groups excluding carboxylic acids is 1. The third-order valence-corrected chi connectivity index (χ3v) is 2.25. The normalized spacial score (nSPS) is 11.6.